The van der Waals surface area contributed by atoms with Crippen LogP contribution in [-0.2, 0) is 6.42 Å². The van der Waals surface area contributed by atoms with Crippen molar-refractivity contribution in [2.24, 2.45) is 5.73 Å². The number of benzene rings is 1. The Kier molecular flexibility index (Phi) is 4.00. The summed E-state index contributed by atoms with van der Waals surface area (Å²) in [6.45, 7) is 3.91. The number of hydrogen-bond acceptors (Lipinski definition) is 3. The van der Waals surface area contributed by atoms with Gasteiger partial charge in [0.2, 0.25) is 0 Å². The van der Waals surface area contributed by atoms with E-state index in [0.29, 0.717) is 11.4 Å². The van der Waals surface area contributed by atoms with Gasteiger partial charge in [-0.05, 0) is 38.0 Å². The van der Waals surface area contributed by atoms with E-state index in [1.807, 2.05) is 13.8 Å². The van der Waals surface area contributed by atoms with Gasteiger partial charge >= 0.3 is 0 Å². The van der Waals surface area contributed by atoms with E-state index >= 15 is 0 Å². The largest absolute Gasteiger partial charge is 0.323 e. The van der Waals surface area contributed by atoms with E-state index in [0.717, 1.165) is 21.1 Å². The minimum Gasteiger partial charge on any atom is -0.323 e. The first-order valence-electron chi connectivity index (χ1n) is 5.61. The van der Waals surface area contributed by atoms with E-state index in [2.05, 4.69) is 4.98 Å². The summed E-state index contributed by atoms with van der Waals surface area (Å²) < 4.78 is 13.0. The molecule has 0 saturated carbocycles. The fourth-order valence-electron chi connectivity index (χ4n) is 1.91. The Morgan fingerprint density at radius 1 is 1.44 bits per heavy atom. The number of nitrogens with two attached hydrogens (primary N) is 1. The molecule has 96 valence electrons. The fourth-order valence-corrected chi connectivity index (χ4v) is 3.08. The van der Waals surface area contributed by atoms with E-state index < -0.39 is 0 Å². The molecule has 0 bridgehead atoms. The number of aryl methyl sites for hydroxylation is 2. The molecule has 0 saturated heterocycles. The lowest BCUT2D eigenvalue weighted by Crippen LogP contribution is -2.13. The van der Waals surface area contributed by atoms with Crippen LogP contribution >= 0.6 is 22.9 Å². The minimum atomic E-state index is -0.331. The molecule has 18 heavy (non-hydrogen) atoms. The van der Waals surface area contributed by atoms with Crippen molar-refractivity contribution in [3.05, 3.63) is 50.2 Å². The van der Waals surface area contributed by atoms with E-state index in [-0.39, 0.29) is 11.9 Å². The lowest BCUT2D eigenvalue weighted by molar-refractivity contribution is 0.626. The molecule has 1 unspecified atom stereocenters. The molecule has 2 nitrogen and oxygen atoms in total. The highest BCUT2D eigenvalue weighted by atomic mass is 35.5. The van der Waals surface area contributed by atoms with Gasteiger partial charge in [-0.3, -0.25) is 0 Å². The normalized spacial score (nSPS) is 12.7. The molecule has 1 aromatic heterocycles. The van der Waals surface area contributed by atoms with Crippen LogP contribution in [0.3, 0.4) is 0 Å². The van der Waals surface area contributed by atoms with Crippen LogP contribution in [0.1, 0.15) is 27.2 Å². The summed E-state index contributed by atoms with van der Waals surface area (Å²) in [5.41, 5.74) is 7.98. The second kappa shape index (κ2) is 5.34. The molecular weight excluding hydrogens is 271 g/mol. The molecule has 0 aliphatic rings. The van der Waals surface area contributed by atoms with E-state index in [1.165, 1.54) is 12.1 Å². The van der Waals surface area contributed by atoms with Gasteiger partial charge in [0.1, 0.15) is 5.82 Å². The Morgan fingerprint density at radius 3 is 2.72 bits per heavy atom. The van der Waals surface area contributed by atoms with Gasteiger partial charge in [-0.1, -0.05) is 17.7 Å². The smallest absolute Gasteiger partial charge is 0.124 e. The fraction of sp³-hybridized carbons (Fsp3) is 0.308. The Bertz CT molecular complexity index is 568. The molecule has 0 aliphatic carbocycles. The van der Waals surface area contributed by atoms with Gasteiger partial charge in [-0.15, -0.1) is 11.3 Å². The average Bonchev–Trinajstić information content (AvgIpc) is 2.62. The summed E-state index contributed by atoms with van der Waals surface area (Å²) in [7, 11) is 0. The van der Waals surface area contributed by atoms with Crippen LogP contribution < -0.4 is 5.73 Å². The topological polar surface area (TPSA) is 38.9 Å². The molecule has 2 rings (SSSR count). The monoisotopic (exact) mass is 284 g/mol. The SMILES string of the molecule is Cc1nc(C)c(C(N)Cc2ccc(F)cc2Cl)s1. The Hall–Kier alpha value is -0.970. The molecule has 2 aromatic rings. The minimum absolute atomic E-state index is 0.154. The van der Waals surface area contributed by atoms with Crippen LogP contribution in [0.2, 0.25) is 5.02 Å². The number of rotatable bonds is 3. The van der Waals surface area contributed by atoms with Crippen LogP contribution in [-0.4, -0.2) is 4.98 Å². The van der Waals surface area contributed by atoms with Gasteiger partial charge in [0.15, 0.2) is 0 Å². The summed E-state index contributed by atoms with van der Waals surface area (Å²) in [5.74, 6) is -0.331. The first kappa shape index (κ1) is 13.5. The standard InChI is InChI=1S/C13H14ClFN2S/c1-7-13(18-8(2)17-7)12(16)5-9-3-4-10(15)6-11(9)14/h3-4,6,12H,5,16H2,1-2H3. The van der Waals surface area contributed by atoms with Crippen LogP contribution in [0, 0.1) is 19.7 Å². The van der Waals surface area contributed by atoms with Crippen LogP contribution in [0.4, 0.5) is 4.39 Å². The van der Waals surface area contributed by atoms with Gasteiger partial charge in [0.05, 0.1) is 10.7 Å². The molecule has 0 fully saturated rings. The first-order chi connectivity index (χ1) is 8.47. The predicted molar refractivity (Wildman–Crippen MR) is 73.6 cm³/mol. The zero-order valence-electron chi connectivity index (χ0n) is 10.2. The highest BCUT2D eigenvalue weighted by molar-refractivity contribution is 7.11. The third-order valence-electron chi connectivity index (χ3n) is 2.73. The zero-order chi connectivity index (χ0) is 13.3. The second-order valence-electron chi connectivity index (χ2n) is 4.23. The lowest BCUT2D eigenvalue weighted by Gasteiger charge is -2.11. The van der Waals surface area contributed by atoms with Crippen LogP contribution in [0.5, 0.6) is 0 Å². The molecule has 2 N–H and O–H groups in total. The molecule has 0 spiro atoms. The average molecular weight is 285 g/mol. The molecule has 5 heteroatoms. The third kappa shape index (κ3) is 2.88. The highest BCUT2D eigenvalue weighted by Crippen LogP contribution is 2.28. The third-order valence-corrected chi connectivity index (χ3v) is 4.29. The van der Waals surface area contributed by atoms with Crippen molar-refractivity contribution in [1.29, 1.82) is 0 Å². The predicted octanol–water partition coefficient (Wildman–Crippen LogP) is 3.79. The maximum atomic E-state index is 13.0. The number of hydrogen-bond donors (Lipinski definition) is 1. The van der Waals surface area contributed by atoms with Gasteiger partial charge in [0.25, 0.3) is 0 Å². The van der Waals surface area contributed by atoms with Crippen molar-refractivity contribution in [2.75, 3.05) is 0 Å². The van der Waals surface area contributed by atoms with Crippen molar-refractivity contribution in [3.63, 3.8) is 0 Å². The van der Waals surface area contributed by atoms with E-state index in [4.69, 9.17) is 17.3 Å². The molecule has 1 aromatic carbocycles. The summed E-state index contributed by atoms with van der Waals surface area (Å²) in [5, 5.41) is 1.42. The van der Waals surface area contributed by atoms with E-state index in [9.17, 15) is 4.39 Å². The summed E-state index contributed by atoms with van der Waals surface area (Å²) in [6.07, 6.45) is 0.585. The molecule has 0 radical (unpaired) electrons. The molecule has 0 aliphatic heterocycles. The molecular formula is C13H14ClFN2S. The maximum absolute atomic E-state index is 13.0. The van der Waals surface area contributed by atoms with E-state index in [1.54, 1.807) is 17.4 Å². The number of nitrogens with zero attached hydrogens (tertiary/aromatic N) is 1. The molecule has 1 atom stereocenters. The zero-order valence-corrected chi connectivity index (χ0v) is 11.8. The summed E-state index contributed by atoms with van der Waals surface area (Å²) in [6, 6.07) is 4.24. The van der Waals surface area contributed by atoms with Crippen molar-refractivity contribution in [2.45, 2.75) is 26.3 Å². The Morgan fingerprint density at radius 2 is 2.17 bits per heavy atom. The second-order valence-corrected chi connectivity index (χ2v) is 5.87. The van der Waals surface area contributed by atoms with Crippen molar-refractivity contribution in [1.82, 2.24) is 4.98 Å². The number of halogens is 2. The quantitative estimate of drug-likeness (QED) is 0.931. The lowest BCUT2D eigenvalue weighted by atomic mass is 10.0. The number of thiazole rings is 1. The first-order valence-corrected chi connectivity index (χ1v) is 6.80. The highest BCUT2D eigenvalue weighted by Gasteiger charge is 2.15. The Balaban J connectivity index is 2.21. The maximum Gasteiger partial charge on any atom is 0.124 e. The van der Waals surface area contributed by atoms with Crippen molar-refractivity contribution in [3.8, 4) is 0 Å². The van der Waals surface area contributed by atoms with Gasteiger partial charge in [0, 0.05) is 15.9 Å². The number of aromatic nitrogens is 1. The van der Waals surface area contributed by atoms with Crippen LogP contribution in [0.15, 0.2) is 18.2 Å². The molecule has 0 amide bonds. The van der Waals surface area contributed by atoms with Crippen molar-refractivity contribution >= 4 is 22.9 Å². The summed E-state index contributed by atoms with van der Waals surface area (Å²) >= 11 is 7.60. The van der Waals surface area contributed by atoms with Gasteiger partial charge in [-0.2, -0.15) is 0 Å². The van der Waals surface area contributed by atoms with Gasteiger partial charge in [-0.25, -0.2) is 9.37 Å². The summed E-state index contributed by atoms with van der Waals surface area (Å²) in [4.78, 5) is 5.42. The molecule has 1 heterocycles. The van der Waals surface area contributed by atoms with Crippen LogP contribution in [0.25, 0.3) is 0 Å². The Labute approximate surface area is 115 Å². The van der Waals surface area contributed by atoms with Crippen molar-refractivity contribution < 1.29 is 4.39 Å². The van der Waals surface area contributed by atoms with Gasteiger partial charge < -0.3 is 5.73 Å².